The first-order valence-corrected chi connectivity index (χ1v) is 8.82. The molecule has 0 bridgehead atoms. The van der Waals surface area contributed by atoms with Crippen LogP contribution in [0.25, 0.3) is 6.08 Å². The lowest BCUT2D eigenvalue weighted by Crippen LogP contribution is -2.22. The number of hydrogen-bond acceptors (Lipinski definition) is 5. The van der Waals surface area contributed by atoms with E-state index in [0.717, 1.165) is 42.1 Å². The highest BCUT2D eigenvalue weighted by atomic mass is 16.2. The molecule has 1 amide bonds. The van der Waals surface area contributed by atoms with Gasteiger partial charge in [-0.05, 0) is 50.2 Å². The Morgan fingerprint density at radius 2 is 1.96 bits per heavy atom. The molecule has 2 aromatic rings. The highest BCUT2D eigenvalue weighted by Crippen LogP contribution is 2.24. The lowest BCUT2D eigenvalue weighted by Gasteiger charge is -2.18. The molecular formula is C19H24N6O. The van der Waals surface area contributed by atoms with E-state index >= 15 is 0 Å². The van der Waals surface area contributed by atoms with Gasteiger partial charge in [0.15, 0.2) is 0 Å². The zero-order valence-electron chi connectivity index (χ0n) is 15.6. The molecule has 0 atom stereocenters. The summed E-state index contributed by atoms with van der Waals surface area (Å²) in [4.78, 5) is 18.1. The molecule has 0 aliphatic carbocycles. The first-order chi connectivity index (χ1) is 12.5. The summed E-state index contributed by atoms with van der Waals surface area (Å²) in [5, 5.41) is 11.8. The molecule has 0 radical (unpaired) electrons. The van der Waals surface area contributed by atoms with Gasteiger partial charge < -0.3 is 4.98 Å². The summed E-state index contributed by atoms with van der Waals surface area (Å²) in [7, 11) is 0. The number of hydrazone groups is 1. The van der Waals surface area contributed by atoms with Crippen LogP contribution in [-0.4, -0.2) is 44.8 Å². The van der Waals surface area contributed by atoms with Crippen LogP contribution in [-0.2, 0) is 11.3 Å². The number of nitrogens with one attached hydrogen (secondary N) is 2. The standard InChI is InChI=1S/C19H24N6O/c1-5-25(6-2)11-16-12(3)17(22-13(16)4)9-15-18(23-24-19(15)26)14-7-8-20-21-10-14/h7-10,22H,5-6,11H2,1-4H3,(H,24,26)/b15-9+. The zero-order valence-corrected chi connectivity index (χ0v) is 15.6. The maximum atomic E-state index is 12.3. The second-order valence-electron chi connectivity index (χ2n) is 6.32. The molecule has 3 heterocycles. The fourth-order valence-corrected chi connectivity index (χ4v) is 3.13. The molecule has 2 N–H and O–H groups in total. The van der Waals surface area contributed by atoms with E-state index in [1.54, 1.807) is 18.5 Å². The van der Waals surface area contributed by atoms with E-state index in [0.29, 0.717) is 11.3 Å². The lowest BCUT2D eigenvalue weighted by atomic mass is 10.0. The van der Waals surface area contributed by atoms with Crippen molar-refractivity contribution in [2.45, 2.75) is 34.2 Å². The van der Waals surface area contributed by atoms with Crippen LogP contribution in [0.3, 0.4) is 0 Å². The molecule has 2 aromatic heterocycles. The van der Waals surface area contributed by atoms with E-state index < -0.39 is 0 Å². The van der Waals surface area contributed by atoms with Crippen LogP contribution in [0.5, 0.6) is 0 Å². The average Bonchev–Trinajstić information content (AvgIpc) is 3.14. The summed E-state index contributed by atoms with van der Waals surface area (Å²) in [5.74, 6) is -0.214. The van der Waals surface area contributed by atoms with Crippen molar-refractivity contribution in [1.29, 1.82) is 0 Å². The van der Waals surface area contributed by atoms with Gasteiger partial charge in [-0.1, -0.05) is 13.8 Å². The van der Waals surface area contributed by atoms with Crippen molar-refractivity contribution >= 4 is 17.7 Å². The molecule has 1 aliphatic rings. The maximum absolute atomic E-state index is 12.3. The number of rotatable bonds is 6. The number of H-pyrrole nitrogens is 1. The summed E-state index contributed by atoms with van der Waals surface area (Å²) in [6.07, 6.45) is 5.06. The monoisotopic (exact) mass is 352 g/mol. The second kappa shape index (κ2) is 7.61. The van der Waals surface area contributed by atoms with Crippen molar-refractivity contribution in [1.82, 2.24) is 25.5 Å². The molecule has 3 rings (SSSR count). The van der Waals surface area contributed by atoms with Gasteiger partial charge in [-0.3, -0.25) is 9.69 Å². The normalized spacial score (nSPS) is 15.7. The number of carbonyl (C=O) groups excluding carboxylic acids is 1. The van der Waals surface area contributed by atoms with Gasteiger partial charge in [-0.15, -0.1) is 0 Å². The highest BCUT2D eigenvalue weighted by molar-refractivity contribution is 6.33. The smallest absolute Gasteiger partial charge is 0.273 e. The van der Waals surface area contributed by atoms with Gasteiger partial charge in [0, 0.05) is 23.5 Å². The molecule has 1 aliphatic heterocycles. The minimum Gasteiger partial charge on any atom is -0.359 e. The molecule has 0 saturated heterocycles. The summed E-state index contributed by atoms with van der Waals surface area (Å²) in [5.41, 5.74) is 8.91. The largest absolute Gasteiger partial charge is 0.359 e. The van der Waals surface area contributed by atoms with Crippen molar-refractivity contribution in [3.63, 3.8) is 0 Å². The number of hydrogen-bond donors (Lipinski definition) is 2. The third kappa shape index (κ3) is 3.43. The van der Waals surface area contributed by atoms with Crippen LogP contribution in [0.4, 0.5) is 0 Å². The minimum atomic E-state index is -0.214. The summed E-state index contributed by atoms with van der Waals surface area (Å²) < 4.78 is 0. The van der Waals surface area contributed by atoms with Gasteiger partial charge in [0.05, 0.1) is 18.0 Å². The molecular weight excluding hydrogens is 328 g/mol. The van der Waals surface area contributed by atoms with Gasteiger partial charge in [0.2, 0.25) is 0 Å². The van der Waals surface area contributed by atoms with Gasteiger partial charge in [0.1, 0.15) is 5.71 Å². The maximum Gasteiger partial charge on any atom is 0.273 e. The highest BCUT2D eigenvalue weighted by Gasteiger charge is 2.25. The molecule has 26 heavy (non-hydrogen) atoms. The summed E-state index contributed by atoms with van der Waals surface area (Å²) in [6.45, 7) is 11.4. The molecule has 7 nitrogen and oxygen atoms in total. The topological polar surface area (TPSA) is 86.3 Å². The number of aromatic amines is 1. The van der Waals surface area contributed by atoms with E-state index in [1.807, 2.05) is 6.08 Å². The average molecular weight is 352 g/mol. The van der Waals surface area contributed by atoms with E-state index in [-0.39, 0.29) is 5.91 Å². The third-order valence-corrected chi connectivity index (χ3v) is 4.82. The Bertz CT molecular complexity index is 862. The molecule has 0 unspecified atom stereocenters. The Balaban J connectivity index is 1.96. The van der Waals surface area contributed by atoms with Crippen LogP contribution in [0, 0.1) is 13.8 Å². The van der Waals surface area contributed by atoms with Crippen molar-refractivity contribution in [3.05, 3.63) is 52.1 Å². The first-order valence-electron chi connectivity index (χ1n) is 8.82. The second-order valence-corrected chi connectivity index (χ2v) is 6.32. The van der Waals surface area contributed by atoms with Gasteiger partial charge in [-0.2, -0.15) is 15.3 Å². The fourth-order valence-electron chi connectivity index (χ4n) is 3.13. The quantitative estimate of drug-likeness (QED) is 0.780. The van der Waals surface area contributed by atoms with Crippen LogP contribution in [0.15, 0.2) is 29.1 Å². The number of aromatic nitrogens is 3. The van der Waals surface area contributed by atoms with Crippen molar-refractivity contribution in [3.8, 4) is 0 Å². The van der Waals surface area contributed by atoms with Crippen molar-refractivity contribution in [2.75, 3.05) is 13.1 Å². The van der Waals surface area contributed by atoms with Crippen LogP contribution in [0.1, 0.15) is 41.9 Å². The predicted octanol–water partition coefficient (Wildman–Crippen LogP) is 2.18. The summed E-state index contributed by atoms with van der Waals surface area (Å²) in [6, 6.07) is 1.79. The van der Waals surface area contributed by atoms with E-state index in [2.05, 4.69) is 58.3 Å². The molecule has 0 aromatic carbocycles. The van der Waals surface area contributed by atoms with Crippen LogP contribution >= 0.6 is 0 Å². The predicted molar refractivity (Wildman–Crippen MR) is 102 cm³/mol. The van der Waals surface area contributed by atoms with Crippen LogP contribution < -0.4 is 5.43 Å². The SMILES string of the molecule is CCN(CC)Cc1c(C)[nH]c(/C=C2/C(=O)NN=C2c2ccnnc2)c1C. The molecule has 136 valence electrons. The van der Waals surface area contributed by atoms with E-state index in [1.165, 1.54) is 5.56 Å². The molecule has 0 fully saturated rings. The van der Waals surface area contributed by atoms with Crippen molar-refractivity contribution in [2.24, 2.45) is 5.10 Å². The number of aryl methyl sites for hydroxylation is 1. The van der Waals surface area contributed by atoms with Crippen LogP contribution in [0.2, 0.25) is 0 Å². The van der Waals surface area contributed by atoms with Gasteiger partial charge in [-0.25, -0.2) is 5.43 Å². The molecule has 0 spiro atoms. The Morgan fingerprint density at radius 1 is 1.19 bits per heavy atom. The zero-order chi connectivity index (χ0) is 18.7. The lowest BCUT2D eigenvalue weighted by molar-refractivity contribution is -0.116. The third-order valence-electron chi connectivity index (χ3n) is 4.82. The number of amides is 1. The molecule has 0 saturated carbocycles. The minimum absolute atomic E-state index is 0.214. The fraction of sp³-hybridized carbons (Fsp3) is 0.368. The Labute approximate surface area is 153 Å². The van der Waals surface area contributed by atoms with Gasteiger partial charge in [0.25, 0.3) is 5.91 Å². The first kappa shape index (κ1) is 18.0. The number of carbonyl (C=O) groups is 1. The van der Waals surface area contributed by atoms with E-state index in [9.17, 15) is 4.79 Å². The Hall–Kier alpha value is -2.80. The van der Waals surface area contributed by atoms with E-state index in [4.69, 9.17) is 0 Å². The molecule has 7 heteroatoms. The Morgan fingerprint density at radius 3 is 2.62 bits per heavy atom. The number of nitrogens with zero attached hydrogens (tertiary/aromatic N) is 4. The Kier molecular flexibility index (Phi) is 5.27. The summed E-state index contributed by atoms with van der Waals surface area (Å²) >= 11 is 0. The van der Waals surface area contributed by atoms with Gasteiger partial charge >= 0.3 is 0 Å². The van der Waals surface area contributed by atoms with Crippen molar-refractivity contribution < 1.29 is 4.79 Å².